The van der Waals surface area contributed by atoms with Gasteiger partial charge in [0.1, 0.15) is 11.4 Å². The first kappa shape index (κ1) is 14.8. The molecule has 0 spiro atoms. The van der Waals surface area contributed by atoms with Crippen molar-refractivity contribution >= 4 is 22.8 Å². The van der Waals surface area contributed by atoms with E-state index in [2.05, 4.69) is 15.4 Å². The van der Waals surface area contributed by atoms with E-state index in [4.69, 9.17) is 4.42 Å². The van der Waals surface area contributed by atoms with Crippen LogP contribution in [0.15, 0.2) is 64.2 Å². The summed E-state index contributed by atoms with van der Waals surface area (Å²) in [6.45, 7) is 0.732. The topological polar surface area (TPSA) is 72.4 Å². The van der Waals surface area contributed by atoms with E-state index in [0.29, 0.717) is 22.3 Å². The molecule has 1 aliphatic rings. The predicted octanol–water partition coefficient (Wildman–Crippen LogP) is 2.96. The molecule has 120 valence electrons. The number of furan rings is 1. The molecule has 0 saturated heterocycles. The number of carbonyl (C=O) groups is 1. The highest BCUT2D eigenvalue weighted by Gasteiger charge is 2.20. The first-order valence-corrected chi connectivity index (χ1v) is 8.48. The Balaban J connectivity index is 1.74. The Labute approximate surface area is 142 Å². The Hall–Kier alpha value is -2.80. The van der Waals surface area contributed by atoms with Crippen molar-refractivity contribution in [3.05, 3.63) is 60.5 Å². The number of nitrogens with zero attached hydrogens (tertiary/aromatic N) is 3. The first-order chi connectivity index (χ1) is 11.8. The molecule has 6 nitrogen and oxygen atoms in total. The summed E-state index contributed by atoms with van der Waals surface area (Å²) in [5.41, 5.74) is 1.85. The highest BCUT2D eigenvalue weighted by atomic mass is 32.2. The van der Waals surface area contributed by atoms with Gasteiger partial charge < -0.3 is 4.42 Å². The van der Waals surface area contributed by atoms with Crippen molar-refractivity contribution in [2.75, 3.05) is 12.3 Å². The molecule has 0 atom stereocenters. The number of nitrogens with one attached hydrogen (secondary N) is 1. The van der Waals surface area contributed by atoms with Gasteiger partial charge >= 0.3 is 0 Å². The van der Waals surface area contributed by atoms with E-state index in [1.165, 1.54) is 0 Å². The van der Waals surface area contributed by atoms with E-state index in [1.807, 2.05) is 36.4 Å². The van der Waals surface area contributed by atoms with Gasteiger partial charge in [0.2, 0.25) is 0 Å². The smallest absolute Gasteiger partial charge is 0.275 e. The molecule has 7 heteroatoms. The summed E-state index contributed by atoms with van der Waals surface area (Å²) in [7, 11) is 0. The minimum atomic E-state index is -0.239. The van der Waals surface area contributed by atoms with Crippen molar-refractivity contribution in [1.82, 2.24) is 15.1 Å². The molecule has 0 bridgehead atoms. The van der Waals surface area contributed by atoms with Crippen molar-refractivity contribution in [2.45, 2.75) is 0 Å². The van der Waals surface area contributed by atoms with Gasteiger partial charge in [-0.2, -0.15) is 5.10 Å². The Morgan fingerprint density at radius 3 is 2.79 bits per heavy atom. The van der Waals surface area contributed by atoms with Gasteiger partial charge in [-0.3, -0.25) is 15.1 Å². The highest BCUT2D eigenvalue weighted by Crippen LogP contribution is 2.22. The quantitative estimate of drug-likeness (QED) is 0.797. The maximum atomic E-state index is 12.7. The van der Waals surface area contributed by atoms with Crippen molar-refractivity contribution < 1.29 is 9.21 Å². The average molecular weight is 338 g/mol. The van der Waals surface area contributed by atoms with E-state index in [1.54, 1.807) is 34.8 Å². The molecule has 1 aromatic carbocycles. The minimum absolute atomic E-state index is 0.239. The number of para-hydroxylation sites is 1. The van der Waals surface area contributed by atoms with Gasteiger partial charge in [0, 0.05) is 11.8 Å². The van der Waals surface area contributed by atoms with Crippen LogP contribution in [0.4, 0.5) is 0 Å². The molecule has 24 heavy (non-hydrogen) atoms. The molecule has 4 rings (SSSR count). The first-order valence-electron chi connectivity index (χ1n) is 7.49. The molecule has 0 saturated carbocycles. The number of benzene rings is 1. The Kier molecular flexibility index (Phi) is 3.92. The molecular formula is C17H14N4O2S. The molecule has 0 radical (unpaired) electrons. The molecule has 3 heterocycles. The van der Waals surface area contributed by atoms with Gasteiger partial charge in [0.25, 0.3) is 5.91 Å². The lowest BCUT2D eigenvalue weighted by atomic mass is 10.2. The standard InChI is InChI=1S/C17H14N4O2S/c22-16(19-17-18-8-10-24-17)14-11-13(15-7-4-9-23-15)20-21(14)12-5-2-1-3-6-12/h1-7,9,11H,8,10H2,(H,18,19,22). The number of thioether (sulfide) groups is 1. The zero-order valence-corrected chi connectivity index (χ0v) is 13.5. The number of amidine groups is 1. The summed E-state index contributed by atoms with van der Waals surface area (Å²) in [6.07, 6.45) is 1.58. The second-order valence-corrected chi connectivity index (χ2v) is 6.21. The maximum absolute atomic E-state index is 12.7. The van der Waals surface area contributed by atoms with Gasteiger partial charge in [-0.15, -0.1) is 0 Å². The molecular weight excluding hydrogens is 324 g/mol. The fraction of sp³-hybridized carbons (Fsp3) is 0.118. The Morgan fingerprint density at radius 2 is 2.08 bits per heavy atom. The van der Waals surface area contributed by atoms with Gasteiger partial charge in [-0.05, 0) is 24.3 Å². The van der Waals surface area contributed by atoms with Crippen LogP contribution >= 0.6 is 11.8 Å². The largest absolute Gasteiger partial charge is 0.463 e. The second kappa shape index (κ2) is 6.37. The van der Waals surface area contributed by atoms with Crippen LogP contribution < -0.4 is 5.32 Å². The number of amides is 1. The number of carbonyl (C=O) groups excluding carboxylic acids is 1. The van der Waals surface area contributed by atoms with Crippen LogP contribution in [0.5, 0.6) is 0 Å². The monoisotopic (exact) mass is 338 g/mol. The molecule has 0 fully saturated rings. The summed E-state index contributed by atoms with van der Waals surface area (Å²) in [5.74, 6) is 1.27. The number of hydrogen-bond donors (Lipinski definition) is 1. The van der Waals surface area contributed by atoms with Gasteiger partial charge in [-0.1, -0.05) is 30.0 Å². The summed E-state index contributed by atoms with van der Waals surface area (Å²) in [6, 6.07) is 14.9. The molecule has 1 N–H and O–H groups in total. The highest BCUT2D eigenvalue weighted by molar-refractivity contribution is 8.14. The number of aromatic nitrogens is 2. The SMILES string of the molecule is O=C(NC1=NCCS1)c1cc(-c2ccco2)nn1-c1ccccc1. The minimum Gasteiger partial charge on any atom is -0.463 e. The zero-order chi connectivity index (χ0) is 16.4. The number of hydrogen-bond acceptors (Lipinski definition) is 5. The molecule has 3 aromatic rings. The van der Waals surface area contributed by atoms with E-state index < -0.39 is 0 Å². The fourth-order valence-corrected chi connectivity index (χ4v) is 3.15. The van der Waals surface area contributed by atoms with E-state index in [-0.39, 0.29) is 5.91 Å². The fourth-order valence-electron chi connectivity index (χ4n) is 2.43. The lowest BCUT2D eigenvalue weighted by molar-refractivity contribution is 0.0970. The van der Waals surface area contributed by atoms with Crippen LogP contribution in [-0.4, -0.2) is 33.2 Å². The Morgan fingerprint density at radius 1 is 1.21 bits per heavy atom. The van der Waals surface area contributed by atoms with Crippen LogP contribution in [0, 0.1) is 0 Å². The second-order valence-electron chi connectivity index (χ2n) is 5.13. The van der Waals surface area contributed by atoms with Crippen LogP contribution in [0.25, 0.3) is 17.1 Å². The lowest BCUT2D eigenvalue weighted by Gasteiger charge is -2.07. The summed E-state index contributed by atoms with van der Waals surface area (Å²) in [4.78, 5) is 16.9. The van der Waals surface area contributed by atoms with E-state index >= 15 is 0 Å². The van der Waals surface area contributed by atoms with Gasteiger partial charge in [-0.25, -0.2) is 4.68 Å². The van der Waals surface area contributed by atoms with Crippen molar-refractivity contribution in [3.8, 4) is 17.1 Å². The molecule has 0 unspecified atom stereocenters. The van der Waals surface area contributed by atoms with Crippen LogP contribution in [-0.2, 0) is 0 Å². The van der Waals surface area contributed by atoms with Crippen LogP contribution in [0.2, 0.25) is 0 Å². The normalized spacial score (nSPS) is 13.8. The maximum Gasteiger partial charge on any atom is 0.275 e. The molecule has 0 aliphatic carbocycles. The van der Waals surface area contributed by atoms with Crippen LogP contribution in [0.1, 0.15) is 10.5 Å². The lowest BCUT2D eigenvalue weighted by Crippen LogP contribution is -2.29. The van der Waals surface area contributed by atoms with Crippen molar-refractivity contribution in [3.63, 3.8) is 0 Å². The summed E-state index contributed by atoms with van der Waals surface area (Å²) >= 11 is 1.54. The molecule has 1 aliphatic heterocycles. The van der Waals surface area contributed by atoms with Gasteiger partial charge in [0.05, 0.1) is 18.5 Å². The predicted molar refractivity (Wildman–Crippen MR) is 93.5 cm³/mol. The molecule has 2 aromatic heterocycles. The molecule has 1 amide bonds. The van der Waals surface area contributed by atoms with Gasteiger partial charge in [0.15, 0.2) is 10.9 Å². The Bertz CT molecular complexity index is 885. The third-order valence-electron chi connectivity index (χ3n) is 3.52. The van der Waals surface area contributed by atoms with Crippen molar-refractivity contribution in [2.24, 2.45) is 4.99 Å². The van der Waals surface area contributed by atoms with Crippen molar-refractivity contribution in [1.29, 1.82) is 0 Å². The summed E-state index contributed by atoms with van der Waals surface area (Å²) in [5, 5.41) is 8.03. The third kappa shape index (κ3) is 2.85. The summed E-state index contributed by atoms with van der Waals surface area (Å²) < 4.78 is 7.02. The van der Waals surface area contributed by atoms with E-state index in [9.17, 15) is 4.79 Å². The third-order valence-corrected chi connectivity index (χ3v) is 4.41. The average Bonchev–Trinajstić information content (AvgIpc) is 3.36. The van der Waals surface area contributed by atoms with Crippen LogP contribution in [0.3, 0.4) is 0 Å². The van der Waals surface area contributed by atoms with E-state index in [0.717, 1.165) is 18.0 Å². The zero-order valence-electron chi connectivity index (χ0n) is 12.7. The number of aliphatic imine (C=N–C) groups is 1. The number of rotatable bonds is 3.